The minimum atomic E-state index is -0.224. The molecule has 0 aromatic heterocycles. The molecule has 0 fully saturated rings. The third-order valence-electron chi connectivity index (χ3n) is 1.71. The van der Waals surface area contributed by atoms with Gasteiger partial charge in [0.15, 0.2) is 0 Å². The van der Waals surface area contributed by atoms with Crippen molar-refractivity contribution in [1.82, 2.24) is 5.43 Å². The second-order valence-electron chi connectivity index (χ2n) is 3.07. The molecule has 4 N–H and O–H groups in total. The molecule has 0 unspecified atom stereocenters. The fourth-order valence-electron chi connectivity index (χ4n) is 1.04. The van der Waals surface area contributed by atoms with Crippen LogP contribution in [0.5, 0.6) is 5.75 Å². The van der Waals surface area contributed by atoms with Gasteiger partial charge in [0.1, 0.15) is 12.4 Å². The van der Waals surface area contributed by atoms with Crippen LogP contribution in [0, 0.1) is 5.41 Å². The van der Waals surface area contributed by atoms with Crippen LogP contribution in [0.4, 0.5) is 0 Å². The van der Waals surface area contributed by atoms with Crippen LogP contribution in [0.15, 0.2) is 36.0 Å². The quantitative estimate of drug-likeness (QED) is 0.336. The molecule has 0 amide bonds. The first-order valence-corrected chi connectivity index (χ1v) is 5.17. The molecular formula is C11H14Cl2N4O. The van der Waals surface area contributed by atoms with Crippen molar-refractivity contribution in [3.63, 3.8) is 0 Å². The summed E-state index contributed by atoms with van der Waals surface area (Å²) in [7, 11) is 0. The van der Waals surface area contributed by atoms with Crippen molar-refractivity contribution in [2.24, 2.45) is 10.8 Å². The molecule has 1 rings (SSSR count). The largest absolute Gasteiger partial charge is 0.488 e. The van der Waals surface area contributed by atoms with Crippen molar-refractivity contribution in [3.05, 3.63) is 41.4 Å². The summed E-state index contributed by atoms with van der Waals surface area (Å²) in [4.78, 5) is 0. The summed E-state index contributed by atoms with van der Waals surface area (Å²) >= 11 is 6.00. The average molecular weight is 289 g/mol. The van der Waals surface area contributed by atoms with Crippen LogP contribution in [0.2, 0.25) is 5.02 Å². The summed E-state index contributed by atoms with van der Waals surface area (Å²) in [6.45, 7) is 3.95. The highest BCUT2D eigenvalue weighted by atomic mass is 35.5. The van der Waals surface area contributed by atoms with E-state index in [1.807, 2.05) is 0 Å². The Balaban J connectivity index is 0.00000289. The number of nitrogens with one attached hydrogen (secondary N) is 2. The van der Waals surface area contributed by atoms with Gasteiger partial charge < -0.3 is 10.5 Å². The molecule has 0 bridgehead atoms. The Hall–Kier alpha value is -1.72. The summed E-state index contributed by atoms with van der Waals surface area (Å²) < 4.78 is 5.32. The van der Waals surface area contributed by atoms with Crippen molar-refractivity contribution < 1.29 is 4.74 Å². The molecule has 1 aromatic rings. The second-order valence-corrected chi connectivity index (χ2v) is 3.48. The van der Waals surface area contributed by atoms with E-state index < -0.39 is 0 Å². The lowest BCUT2D eigenvalue weighted by atomic mass is 10.2. The number of halogens is 2. The summed E-state index contributed by atoms with van der Waals surface area (Å²) in [5, 5.41) is 11.1. The molecule has 0 aliphatic rings. The maximum atomic E-state index is 6.91. The van der Waals surface area contributed by atoms with E-state index in [1.54, 1.807) is 24.3 Å². The summed E-state index contributed by atoms with van der Waals surface area (Å²) in [5.74, 6) is 0.363. The van der Waals surface area contributed by atoms with Crippen LogP contribution in [0.1, 0.15) is 5.56 Å². The molecule has 1 aromatic carbocycles. The number of rotatable bonds is 5. The van der Waals surface area contributed by atoms with Gasteiger partial charge in [0.2, 0.25) is 5.96 Å². The molecule has 7 heteroatoms. The molecule has 0 saturated heterocycles. The Morgan fingerprint density at radius 2 is 2.33 bits per heavy atom. The van der Waals surface area contributed by atoms with Gasteiger partial charge in [0, 0.05) is 0 Å². The van der Waals surface area contributed by atoms with Crippen LogP contribution in [-0.2, 0) is 0 Å². The summed E-state index contributed by atoms with van der Waals surface area (Å²) in [6, 6.07) is 5.22. The van der Waals surface area contributed by atoms with E-state index in [0.717, 1.165) is 5.56 Å². The Kier molecular flexibility index (Phi) is 7.58. The van der Waals surface area contributed by atoms with Crippen molar-refractivity contribution in [2.75, 3.05) is 6.61 Å². The lowest BCUT2D eigenvalue weighted by Gasteiger charge is -2.05. The second kappa shape index (κ2) is 8.38. The third-order valence-corrected chi connectivity index (χ3v) is 2.01. The van der Waals surface area contributed by atoms with Gasteiger partial charge in [-0.1, -0.05) is 24.3 Å². The van der Waals surface area contributed by atoms with Crippen LogP contribution < -0.4 is 15.9 Å². The van der Waals surface area contributed by atoms with E-state index in [-0.39, 0.29) is 18.4 Å². The maximum absolute atomic E-state index is 6.91. The van der Waals surface area contributed by atoms with E-state index in [4.69, 9.17) is 27.5 Å². The summed E-state index contributed by atoms with van der Waals surface area (Å²) in [6.07, 6.45) is 3.15. The van der Waals surface area contributed by atoms with Gasteiger partial charge in [0.05, 0.1) is 11.2 Å². The number of ether oxygens (including phenoxy) is 1. The monoisotopic (exact) mass is 288 g/mol. The van der Waals surface area contributed by atoms with E-state index in [0.29, 0.717) is 17.4 Å². The van der Waals surface area contributed by atoms with Gasteiger partial charge in [-0.2, -0.15) is 5.10 Å². The number of guanidine groups is 1. The zero-order valence-electron chi connectivity index (χ0n) is 9.52. The average Bonchev–Trinajstić information content (AvgIpc) is 2.27. The Morgan fingerprint density at radius 3 is 2.89 bits per heavy atom. The number of benzene rings is 1. The lowest BCUT2D eigenvalue weighted by Crippen LogP contribution is -2.25. The van der Waals surface area contributed by atoms with Crippen molar-refractivity contribution in [1.29, 1.82) is 5.41 Å². The smallest absolute Gasteiger partial charge is 0.206 e. The minimum Gasteiger partial charge on any atom is -0.488 e. The molecule has 0 saturated carbocycles. The highest BCUT2D eigenvalue weighted by Gasteiger charge is 2.01. The molecule has 0 aliphatic heterocycles. The predicted octanol–water partition coefficient (Wildman–Crippen LogP) is 2.14. The van der Waals surface area contributed by atoms with Crippen LogP contribution >= 0.6 is 24.0 Å². The van der Waals surface area contributed by atoms with Crippen molar-refractivity contribution in [2.45, 2.75) is 0 Å². The zero-order chi connectivity index (χ0) is 12.7. The maximum Gasteiger partial charge on any atom is 0.206 e. The number of nitrogens with two attached hydrogens (primary N) is 1. The molecule has 0 aliphatic carbocycles. The van der Waals surface area contributed by atoms with E-state index >= 15 is 0 Å². The molecule has 0 heterocycles. The van der Waals surface area contributed by atoms with Crippen LogP contribution in [-0.4, -0.2) is 18.8 Å². The fourth-order valence-corrected chi connectivity index (χ4v) is 1.28. The fraction of sp³-hybridized carbons (Fsp3) is 0.0909. The molecule has 98 valence electrons. The summed E-state index contributed by atoms with van der Waals surface area (Å²) in [5.41, 5.74) is 8.15. The highest BCUT2D eigenvalue weighted by Crippen LogP contribution is 2.24. The lowest BCUT2D eigenvalue weighted by molar-refractivity contribution is 0.363. The first kappa shape index (κ1) is 16.3. The van der Waals surface area contributed by atoms with Gasteiger partial charge in [-0.15, -0.1) is 12.4 Å². The molecule has 5 nitrogen and oxygen atoms in total. The molecule has 0 spiro atoms. The zero-order valence-corrected chi connectivity index (χ0v) is 11.1. The molecule has 0 radical (unpaired) electrons. The number of hydrogen-bond acceptors (Lipinski definition) is 3. The van der Waals surface area contributed by atoms with Crippen molar-refractivity contribution >= 4 is 36.2 Å². The van der Waals surface area contributed by atoms with E-state index in [9.17, 15) is 0 Å². The minimum absolute atomic E-state index is 0. The molecule has 18 heavy (non-hydrogen) atoms. The van der Waals surface area contributed by atoms with Gasteiger partial charge in [-0.25, -0.2) is 5.43 Å². The van der Waals surface area contributed by atoms with E-state index in [1.165, 1.54) is 6.21 Å². The normalized spacial score (nSPS) is 9.61. The van der Waals surface area contributed by atoms with Crippen molar-refractivity contribution in [3.8, 4) is 5.75 Å². The SMILES string of the molecule is C=CCOc1ccc(/C=N/NC(=N)N)cc1Cl.Cl. The van der Waals surface area contributed by atoms with Crippen LogP contribution in [0.25, 0.3) is 0 Å². The molecule has 0 atom stereocenters. The Morgan fingerprint density at radius 1 is 1.61 bits per heavy atom. The Labute approximate surface area is 117 Å². The van der Waals surface area contributed by atoms with Gasteiger partial charge in [-0.05, 0) is 23.8 Å². The standard InChI is InChI=1S/C11H13ClN4O.ClH/c1-2-5-17-10-4-3-8(6-9(10)12)7-15-16-11(13)14;/h2-4,6-7H,1,5H2,(H4,13,14,16);1H/b15-7+;. The van der Waals surface area contributed by atoms with Gasteiger partial charge in [0.25, 0.3) is 0 Å². The third kappa shape index (κ3) is 5.56. The van der Waals surface area contributed by atoms with E-state index in [2.05, 4.69) is 17.1 Å². The van der Waals surface area contributed by atoms with Gasteiger partial charge in [-0.3, -0.25) is 5.41 Å². The predicted molar refractivity (Wildman–Crippen MR) is 77.0 cm³/mol. The first-order valence-electron chi connectivity index (χ1n) is 4.80. The number of nitrogens with zero attached hydrogens (tertiary/aromatic N) is 1. The first-order chi connectivity index (χ1) is 8.13. The highest BCUT2D eigenvalue weighted by molar-refractivity contribution is 6.32. The van der Waals surface area contributed by atoms with Crippen LogP contribution in [0.3, 0.4) is 0 Å². The van der Waals surface area contributed by atoms with Gasteiger partial charge >= 0.3 is 0 Å². The topological polar surface area (TPSA) is 83.5 Å². The molecular weight excluding hydrogens is 275 g/mol. The number of hydrogen-bond donors (Lipinski definition) is 3. The Bertz CT molecular complexity index is 449. The number of hydrazone groups is 1.